The van der Waals surface area contributed by atoms with E-state index < -0.39 is 20.0 Å². The number of piperidine rings is 1. The maximum Gasteiger partial charge on any atom is 0.261 e. The fraction of sp³-hybridized carbons (Fsp3) is 0.381. The summed E-state index contributed by atoms with van der Waals surface area (Å²) in [6.45, 7) is 4.34. The molecule has 0 saturated carbocycles. The molecule has 2 aromatic carbocycles. The second-order valence-electron chi connectivity index (χ2n) is 7.86. The van der Waals surface area contributed by atoms with Gasteiger partial charge in [-0.05, 0) is 56.5 Å². The van der Waals surface area contributed by atoms with Gasteiger partial charge < -0.3 is 5.32 Å². The number of benzene rings is 2. The quantitative estimate of drug-likeness (QED) is 0.680. The number of hydrogen-bond acceptors (Lipinski definition) is 5. The Hall–Kier alpha value is -2.43. The van der Waals surface area contributed by atoms with E-state index in [1.807, 2.05) is 6.92 Å². The van der Waals surface area contributed by atoms with Gasteiger partial charge in [0, 0.05) is 30.4 Å². The summed E-state index contributed by atoms with van der Waals surface area (Å²) in [5, 5.41) is 2.91. The lowest BCUT2D eigenvalue weighted by Crippen LogP contribution is -2.46. The molecule has 2 aromatic rings. The minimum atomic E-state index is -3.86. The average molecular weight is 466 g/mol. The van der Waals surface area contributed by atoms with Crippen molar-refractivity contribution >= 4 is 31.6 Å². The van der Waals surface area contributed by atoms with E-state index in [1.54, 1.807) is 37.3 Å². The van der Waals surface area contributed by atoms with E-state index in [2.05, 4.69) is 10.0 Å². The largest absolute Gasteiger partial charge is 0.349 e. The zero-order valence-electron chi connectivity index (χ0n) is 17.8. The zero-order chi connectivity index (χ0) is 22.8. The van der Waals surface area contributed by atoms with Crippen molar-refractivity contribution in [3.05, 3.63) is 59.2 Å². The van der Waals surface area contributed by atoms with Crippen molar-refractivity contribution in [3.63, 3.8) is 0 Å². The molecule has 0 atom stereocenters. The molecule has 0 unspecified atom stereocenters. The molecule has 1 heterocycles. The van der Waals surface area contributed by atoms with Crippen LogP contribution >= 0.6 is 0 Å². The first-order valence-electron chi connectivity index (χ1n) is 9.92. The number of rotatable bonds is 6. The van der Waals surface area contributed by atoms with Gasteiger partial charge in [-0.15, -0.1) is 0 Å². The van der Waals surface area contributed by atoms with Crippen LogP contribution in [0.15, 0.2) is 47.4 Å². The molecule has 0 bridgehead atoms. The molecule has 0 aromatic heterocycles. The molecule has 0 radical (unpaired) electrons. The molecule has 0 aliphatic carbocycles. The smallest absolute Gasteiger partial charge is 0.261 e. The highest BCUT2D eigenvalue weighted by molar-refractivity contribution is 7.92. The van der Waals surface area contributed by atoms with Crippen molar-refractivity contribution in [1.82, 2.24) is 9.62 Å². The summed E-state index contributed by atoms with van der Waals surface area (Å²) < 4.78 is 52.8. The summed E-state index contributed by atoms with van der Waals surface area (Å²) in [4.78, 5) is 12.8. The van der Waals surface area contributed by atoms with Crippen LogP contribution in [0.4, 0.5) is 5.69 Å². The van der Waals surface area contributed by atoms with Gasteiger partial charge in [0.1, 0.15) is 0 Å². The lowest BCUT2D eigenvalue weighted by atomic mass is 10.0. The maximum absolute atomic E-state index is 12.8. The molecule has 31 heavy (non-hydrogen) atoms. The lowest BCUT2D eigenvalue weighted by molar-refractivity contribution is 0.0923. The number of nitrogens with one attached hydrogen (secondary N) is 2. The van der Waals surface area contributed by atoms with Crippen molar-refractivity contribution in [1.29, 1.82) is 0 Å². The lowest BCUT2D eigenvalue weighted by Gasteiger charge is -2.30. The minimum Gasteiger partial charge on any atom is -0.349 e. The van der Waals surface area contributed by atoms with E-state index in [1.165, 1.54) is 22.7 Å². The first-order valence-corrected chi connectivity index (χ1v) is 13.2. The molecule has 1 aliphatic rings. The fourth-order valence-electron chi connectivity index (χ4n) is 3.44. The van der Waals surface area contributed by atoms with Gasteiger partial charge in [0.05, 0.1) is 11.2 Å². The Balaban J connectivity index is 1.73. The average Bonchev–Trinajstić information content (AvgIpc) is 2.69. The number of hydrogen-bond donors (Lipinski definition) is 2. The number of carbonyl (C=O) groups excluding carboxylic acids is 1. The Bertz CT molecular complexity index is 1170. The molecule has 1 saturated heterocycles. The van der Waals surface area contributed by atoms with Gasteiger partial charge in [0.2, 0.25) is 10.0 Å². The molecule has 10 heteroatoms. The van der Waals surface area contributed by atoms with Crippen LogP contribution in [0.25, 0.3) is 0 Å². The summed E-state index contributed by atoms with van der Waals surface area (Å²) in [5.74, 6) is -0.373. The van der Waals surface area contributed by atoms with E-state index in [9.17, 15) is 21.6 Å². The second kappa shape index (κ2) is 8.97. The molecular weight excluding hydrogens is 438 g/mol. The van der Waals surface area contributed by atoms with E-state index in [0.717, 1.165) is 5.56 Å². The predicted molar refractivity (Wildman–Crippen MR) is 120 cm³/mol. The second-order valence-corrected chi connectivity index (χ2v) is 11.5. The highest BCUT2D eigenvalue weighted by atomic mass is 32.2. The zero-order valence-corrected chi connectivity index (χ0v) is 19.4. The monoisotopic (exact) mass is 465 g/mol. The maximum atomic E-state index is 12.8. The summed E-state index contributed by atoms with van der Waals surface area (Å²) in [5.41, 5.74) is 2.38. The van der Waals surface area contributed by atoms with Gasteiger partial charge in [0.25, 0.3) is 15.9 Å². The Morgan fingerprint density at radius 3 is 2.16 bits per heavy atom. The van der Waals surface area contributed by atoms with Crippen LogP contribution in [0.5, 0.6) is 0 Å². The van der Waals surface area contributed by atoms with Crippen molar-refractivity contribution in [2.75, 3.05) is 24.1 Å². The highest BCUT2D eigenvalue weighted by Gasteiger charge is 2.26. The molecule has 1 fully saturated rings. The van der Waals surface area contributed by atoms with Gasteiger partial charge in [0.15, 0.2) is 0 Å². The van der Waals surface area contributed by atoms with Crippen molar-refractivity contribution in [3.8, 4) is 0 Å². The third-order valence-corrected chi connectivity index (χ3v) is 8.01. The van der Waals surface area contributed by atoms with Crippen LogP contribution in [-0.2, 0) is 20.0 Å². The van der Waals surface area contributed by atoms with Gasteiger partial charge in [-0.1, -0.05) is 23.8 Å². The van der Waals surface area contributed by atoms with Gasteiger partial charge in [-0.25, -0.2) is 21.1 Å². The molecular formula is C21H27N3O5S2. The van der Waals surface area contributed by atoms with Crippen LogP contribution in [0.2, 0.25) is 0 Å². The van der Waals surface area contributed by atoms with Gasteiger partial charge >= 0.3 is 0 Å². The Morgan fingerprint density at radius 1 is 0.968 bits per heavy atom. The van der Waals surface area contributed by atoms with E-state index in [0.29, 0.717) is 37.2 Å². The standard InChI is InChI=1S/C21H27N3O5S2/c1-15-4-7-18(8-5-15)23-31(28,29)19-9-6-16(2)20(14-19)21(25)22-17-10-12-24(13-11-17)30(3,26)27/h4-9,14,17,23H,10-13H2,1-3H3,(H,22,25). The van der Waals surface area contributed by atoms with Crippen LogP contribution in [0.1, 0.15) is 34.3 Å². The third-order valence-electron chi connectivity index (χ3n) is 5.33. The summed E-state index contributed by atoms with van der Waals surface area (Å²) in [6.07, 6.45) is 2.18. The van der Waals surface area contributed by atoms with E-state index >= 15 is 0 Å². The Morgan fingerprint density at radius 2 is 1.58 bits per heavy atom. The van der Waals surface area contributed by atoms with Crippen molar-refractivity contribution in [2.45, 2.75) is 37.6 Å². The molecule has 1 aliphatic heterocycles. The normalized spacial score (nSPS) is 16.1. The number of aryl methyl sites for hydroxylation is 2. The molecule has 0 spiro atoms. The minimum absolute atomic E-state index is 0.00396. The fourth-order valence-corrected chi connectivity index (χ4v) is 5.40. The number of nitrogens with zero attached hydrogens (tertiary/aromatic N) is 1. The van der Waals surface area contributed by atoms with Gasteiger partial charge in [-0.3, -0.25) is 9.52 Å². The van der Waals surface area contributed by atoms with Crippen molar-refractivity contribution in [2.24, 2.45) is 0 Å². The van der Waals surface area contributed by atoms with Gasteiger partial charge in [-0.2, -0.15) is 0 Å². The van der Waals surface area contributed by atoms with E-state index in [-0.39, 0.29) is 22.4 Å². The highest BCUT2D eigenvalue weighted by Crippen LogP contribution is 2.21. The summed E-state index contributed by atoms with van der Waals surface area (Å²) >= 11 is 0. The molecule has 3 rings (SSSR count). The van der Waals surface area contributed by atoms with Crippen LogP contribution < -0.4 is 10.0 Å². The molecule has 168 valence electrons. The van der Waals surface area contributed by atoms with Crippen LogP contribution in [0, 0.1) is 13.8 Å². The first kappa shape index (κ1) is 23.2. The predicted octanol–water partition coefficient (Wildman–Crippen LogP) is 2.26. The van der Waals surface area contributed by atoms with Crippen LogP contribution in [0.3, 0.4) is 0 Å². The Kier molecular flexibility index (Phi) is 6.73. The van der Waals surface area contributed by atoms with Crippen molar-refractivity contribution < 1.29 is 21.6 Å². The summed E-state index contributed by atoms with van der Waals surface area (Å²) in [6, 6.07) is 11.2. The number of anilines is 1. The number of sulfonamides is 2. The number of amides is 1. The third kappa shape index (κ3) is 5.84. The van der Waals surface area contributed by atoms with Crippen LogP contribution in [-0.4, -0.2) is 52.4 Å². The summed E-state index contributed by atoms with van der Waals surface area (Å²) in [7, 11) is -7.10. The SMILES string of the molecule is Cc1ccc(NS(=O)(=O)c2ccc(C)c(C(=O)NC3CCN(S(C)(=O)=O)CC3)c2)cc1. The van der Waals surface area contributed by atoms with E-state index in [4.69, 9.17) is 0 Å². The Labute approximate surface area is 183 Å². The molecule has 1 amide bonds. The first-order chi connectivity index (χ1) is 14.5. The number of carbonyl (C=O) groups is 1. The topological polar surface area (TPSA) is 113 Å². The molecule has 8 nitrogen and oxygen atoms in total. The molecule has 2 N–H and O–H groups in total.